The van der Waals surface area contributed by atoms with Crippen LogP contribution in [0.15, 0.2) is 57.7 Å². The zero-order valence-corrected chi connectivity index (χ0v) is 17.2. The van der Waals surface area contributed by atoms with Crippen LogP contribution in [0.4, 0.5) is 0 Å². The molecule has 0 amide bonds. The Hall–Kier alpha value is -1.31. The van der Waals surface area contributed by atoms with E-state index in [2.05, 4.69) is 81.6 Å². The van der Waals surface area contributed by atoms with Crippen LogP contribution in [0.5, 0.6) is 0 Å². The lowest BCUT2D eigenvalue weighted by Crippen LogP contribution is -2.43. The van der Waals surface area contributed by atoms with Gasteiger partial charge in [0.2, 0.25) is 8.80 Å². The minimum Gasteiger partial charge on any atom is -0.476 e. The first-order valence-corrected chi connectivity index (χ1v) is 15.7. The maximum absolute atomic E-state index is 6.14. The van der Waals surface area contributed by atoms with Gasteiger partial charge in [-0.3, -0.25) is 0 Å². The third-order valence-electron chi connectivity index (χ3n) is 4.24. The van der Waals surface area contributed by atoms with Gasteiger partial charge in [0.1, 0.15) is 16.1 Å². The highest BCUT2D eigenvalue weighted by molar-refractivity contribution is 6.94. The monoisotopic (exact) mass is 345 g/mol. The summed E-state index contributed by atoms with van der Waals surface area (Å²) in [6.45, 7) is 19.1. The second-order valence-electron chi connectivity index (χ2n) is 6.80. The smallest absolute Gasteiger partial charge is 0.212 e. The molecule has 0 aliphatic heterocycles. The first-order valence-electron chi connectivity index (χ1n) is 7.53. The second-order valence-corrected chi connectivity index (χ2v) is 17.7. The largest absolute Gasteiger partial charge is 0.476 e. The third-order valence-corrected chi connectivity index (χ3v) is 11.4. The maximum atomic E-state index is 6.14. The van der Waals surface area contributed by atoms with Crippen molar-refractivity contribution in [2.45, 2.75) is 32.7 Å². The van der Waals surface area contributed by atoms with Crippen molar-refractivity contribution in [3.8, 4) is 0 Å². The molecule has 0 unspecified atom stereocenters. The summed E-state index contributed by atoms with van der Waals surface area (Å²) in [6, 6.07) is 8.45. The van der Waals surface area contributed by atoms with Gasteiger partial charge in [0, 0.05) is 0 Å². The van der Waals surface area contributed by atoms with Crippen LogP contribution in [0.2, 0.25) is 32.7 Å². The average molecular weight is 346 g/mol. The fourth-order valence-corrected chi connectivity index (χ4v) is 5.91. The summed E-state index contributed by atoms with van der Waals surface area (Å²) in [4.78, 5) is 0. The van der Waals surface area contributed by atoms with Gasteiger partial charge >= 0.3 is 0 Å². The summed E-state index contributed by atoms with van der Waals surface area (Å²) in [5.41, 5.74) is 4.11. The van der Waals surface area contributed by atoms with Crippen LogP contribution in [-0.4, -0.2) is 24.9 Å². The van der Waals surface area contributed by atoms with E-state index in [9.17, 15) is 0 Å². The Bertz CT molecular complexity index is 621. The number of hydrogen-bond acceptors (Lipinski definition) is 2. The van der Waals surface area contributed by atoms with E-state index in [1.54, 1.807) is 0 Å². The molecule has 0 aliphatic rings. The number of rotatable bonds is 6. The zero-order chi connectivity index (χ0) is 16.5. The van der Waals surface area contributed by atoms with Gasteiger partial charge in [-0.15, -0.1) is 13.2 Å². The molecule has 2 aromatic rings. The fourth-order valence-electron chi connectivity index (χ4n) is 2.09. The molecule has 5 heteroatoms. The van der Waals surface area contributed by atoms with Crippen LogP contribution in [0.25, 0.3) is 0 Å². The second kappa shape index (κ2) is 6.06. The molecule has 0 saturated heterocycles. The molecule has 0 atom stereocenters. The van der Waals surface area contributed by atoms with Crippen molar-refractivity contribution in [2.24, 2.45) is 0 Å². The first kappa shape index (κ1) is 17.1. The molecule has 1 radical (unpaired) electrons. The Balaban J connectivity index is 2.28. The Labute approximate surface area is 137 Å². The zero-order valence-electron chi connectivity index (χ0n) is 14.2. The molecule has 22 heavy (non-hydrogen) atoms. The number of hydrogen-bond donors (Lipinski definition) is 0. The van der Waals surface area contributed by atoms with E-state index in [0.717, 1.165) is 21.5 Å². The van der Waals surface area contributed by atoms with Crippen LogP contribution in [0.1, 0.15) is 0 Å². The molecule has 0 saturated carbocycles. The van der Waals surface area contributed by atoms with E-state index in [0.29, 0.717) is 0 Å². The maximum Gasteiger partial charge on any atom is 0.212 e. The lowest BCUT2D eigenvalue weighted by atomic mass is 10.7. The summed E-state index contributed by atoms with van der Waals surface area (Å²) < 4.78 is 12.3. The van der Waals surface area contributed by atoms with Crippen molar-refractivity contribution >= 4 is 46.5 Å². The summed E-state index contributed by atoms with van der Waals surface area (Å²) in [5, 5.41) is 4.30. The third kappa shape index (κ3) is 3.21. The molecule has 0 fully saturated rings. The Morgan fingerprint density at radius 2 is 1.18 bits per heavy atom. The Morgan fingerprint density at radius 1 is 0.818 bits per heavy atom. The highest BCUT2D eigenvalue weighted by Crippen LogP contribution is 2.06. The summed E-state index contributed by atoms with van der Waals surface area (Å²) >= 11 is 0. The van der Waals surface area contributed by atoms with Crippen molar-refractivity contribution in [1.82, 2.24) is 0 Å². The van der Waals surface area contributed by atoms with Gasteiger partial charge in [-0.25, -0.2) is 0 Å². The van der Waals surface area contributed by atoms with E-state index < -0.39 is 24.9 Å². The first-order chi connectivity index (χ1) is 10.2. The van der Waals surface area contributed by atoms with Crippen molar-refractivity contribution in [3.05, 3.63) is 48.8 Å². The van der Waals surface area contributed by atoms with Crippen LogP contribution in [0.3, 0.4) is 0 Å². The van der Waals surface area contributed by atoms with Gasteiger partial charge in [0.05, 0.1) is 21.5 Å². The van der Waals surface area contributed by atoms with Gasteiger partial charge in [-0.1, -0.05) is 44.1 Å². The molecule has 0 spiro atoms. The molecule has 0 N–H and O–H groups in total. The summed E-state index contributed by atoms with van der Waals surface area (Å²) in [7, 11) is -4.26. The standard InChI is InChI=1S/C17H25O2Si3/c1-8-21(4,5)16-12-10-14(18-16)20(3)15-11-13-17(19-15)22(6,7)9-2/h8-13H,1-2H2,3-7H3. The minimum atomic E-state index is -1.63. The fraction of sp³-hybridized carbons (Fsp3) is 0.294. The molecule has 117 valence electrons. The van der Waals surface area contributed by atoms with Crippen molar-refractivity contribution in [1.29, 1.82) is 0 Å². The average Bonchev–Trinajstić information content (AvgIpc) is 3.16. The summed E-state index contributed by atoms with van der Waals surface area (Å²) in [6.07, 6.45) is 0. The Morgan fingerprint density at radius 3 is 1.50 bits per heavy atom. The van der Waals surface area contributed by atoms with Crippen LogP contribution >= 0.6 is 0 Å². The van der Waals surface area contributed by atoms with Gasteiger partial charge in [0.25, 0.3) is 0 Å². The van der Waals surface area contributed by atoms with Gasteiger partial charge in [0.15, 0.2) is 0 Å². The predicted molar refractivity (Wildman–Crippen MR) is 103 cm³/mol. The van der Waals surface area contributed by atoms with E-state index >= 15 is 0 Å². The lowest BCUT2D eigenvalue weighted by molar-refractivity contribution is 0.619. The van der Waals surface area contributed by atoms with Crippen LogP contribution in [0, 0.1) is 0 Å². The van der Waals surface area contributed by atoms with Crippen LogP contribution < -0.4 is 21.5 Å². The Kier molecular flexibility index (Phi) is 4.70. The van der Waals surface area contributed by atoms with Gasteiger partial charge in [-0.05, 0) is 24.3 Å². The predicted octanol–water partition coefficient (Wildman–Crippen LogP) is 2.39. The summed E-state index contributed by atoms with van der Waals surface area (Å²) in [5.74, 6) is 0. The normalized spacial score (nSPS) is 12.6. The van der Waals surface area contributed by atoms with E-state index in [4.69, 9.17) is 8.83 Å². The lowest BCUT2D eigenvalue weighted by Gasteiger charge is -2.14. The van der Waals surface area contributed by atoms with E-state index in [-0.39, 0.29) is 0 Å². The van der Waals surface area contributed by atoms with Crippen LogP contribution in [-0.2, 0) is 0 Å². The molecular formula is C17H25O2Si3. The molecule has 2 rings (SSSR count). The van der Waals surface area contributed by atoms with Gasteiger partial charge < -0.3 is 8.83 Å². The number of furan rings is 2. The minimum absolute atomic E-state index is 0.996. The van der Waals surface area contributed by atoms with Crippen molar-refractivity contribution in [2.75, 3.05) is 0 Å². The molecule has 0 aromatic carbocycles. The molecular weight excluding hydrogens is 320 g/mol. The van der Waals surface area contributed by atoms with Gasteiger partial charge in [-0.2, -0.15) is 0 Å². The molecule has 0 aliphatic carbocycles. The molecule has 2 nitrogen and oxygen atoms in total. The van der Waals surface area contributed by atoms with E-state index in [1.807, 2.05) is 0 Å². The molecule has 2 aromatic heterocycles. The van der Waals surface area contributed by atoms with Crippen molar-refractivity contribution < 1.29 is 8.83 Å². The molecule has 0 bridgehead atoms. The van der Waals surface area contributed by atoms with Crippen molar-refractivity contribution in [3.63, 3.8) is 0 Å². The molecule has 2 heterocycles. The highest BCUT2D eigenvalue weighted by atomic mass is 28.3. The SMILES string of the molecule is C=C[Si](C)(C)c1ccc([Si](C)c2ccc([Si](C)(C)C=C)o2)o1. The quantitative estimate of drug-likeness (QED) is 0.752. The topological polar surface area (TPSA) is 26.3 Å². The van der Waals surface area contributed by atoms with E-state index in [1.165, 1.54) is 0 Å². The highest BCUT2D eigenvalue weighted by Gasteiger charge is 2.28.